The summed E-state index contributed by atoms with van der Waals surface area (Å²) in [5.41, 5.74) is 2.07. The van der Waals surface area contributed by atoms with E-state index in [2.05, 4.69) is 26.1 Å². The summed E-state index contributed by atoms with van der Waals surface area (Å²) in [7, 11) is 0. The first-order valence-corrected chi connectivity index (χ1v) is 9.12. The number of thiophene rings is 1. The maximum atomic E-state index is 12.5. The Bertz CT molecular complexity index is 598. The molecule has 2 rings (SSSR count). The zero-order valence-corrected chi connectivity index (χ0v) is 15.4. The molecule has 2 N–H and O–H groups in total. The Balaban J connectivity index is 2.16. The van der Waals surface area contributed by atoms with Crippen LogP contribution in [0.25, 0.3) is 0 Å². The molecule has 0 radical (unpaired) electrons. The van der Waals surface area contributed by atoms with Crippen molar-refractivity contribution in [2.45, 2.75) is 59.9 Å². The molecule has 0 aliphatic heterocycles. The minimum absolute atomic E-state index is 0.142. The van der Waals surface area contributed by atoms with Crippen LogP contribution in [0.15, 0.2) is 5.38 Å². The van der Waals surface area contributed by atoms with Gasteiger partial charge in [0.05, 0.1) is 5.56 Å². The number of hydrogen-bond donors (Lipinski definition) is 2. The average molecular weight is 337 g/mol. The zero-order chi connectivity index (χ0) is 17.4. The summed E-state index contributed by atoms with van der Waals surface area (Å²) in [4.78, 5) is 25.1. The topological polar surface area (TPSA) is 66.4 Å². The number of hydrogen-bond acceptors (Lipinski definition) is 3. The number of nitrogens with one attached hydrogen (secondary N) is 1. The summed E-state index contributed by atoms with van der Waals surface area (Å²) in [5.74, 6) is -0.744. The van der Waals surface area contributed by atoms with Crippen molar-refractivity contribution in [3.05, 3.63) is 21.4 Å². The van der Waals surface area contributed by atoms with Crippen LogP contribution in [0.3, 0.4) is 0 Å². The summed E-state index contributed by atoms with van der Waals surface area (Å²) in [5, 5.41) is 13.8. The number of amides is 1. The van der Waals surface area contributed by atoms with Crippen LogP contribution in [0.1, 0.15) is 61.8 Å². The Morgan fingerprint density at radius 2 is 2.00 bits per heavy atom. The van der Waals surface area contributed by atoms with Gasteiger partial charge in [0.25, 0.3) is 5.91 Å². The lowest BCUT2D eigenvalue weighted by Gasteiger charge is -2.34. The standard InChI is InChI=1S/C18H27NO3S/c1-10(2)15(17(21)22)19-16(20)13-9-23-14-8-11(18(3,4)5)6-7-12(13)14/h9-11,15H,6-8H2,1-5H3,(H,19,20)(H,21,22). The quantitative estimate of drug-likeness (QED) is 0.879. The smallest absolute Gasteiger partial charge is 0.326 e. The van der Waals surface area contributed by atoms with E-state index < -0.39 is 12.0 Å². The van der Waals surface area contributed by atoms with E-state index in [1.807, 2.05) is 5.38 Å². The van der Waals surface area contributed by atoms with Gasteiger partial charge in [-0.1, -0.05) is 34.6 Å². The number of carboxylic acids is 1. The lowest BCUT2D eigenvalue weighted by molar-refractivity contribution is -0.140. The Kier molecular flexibility index (Phi) is 5.19. The van der Waals surface area contributed by atoms with Crippen LogP contribution in [-0.2, 0) is 17.6 Å². The summed E-state index contributed by atoms with van der Waals surface area (Å²) >= 11 is 1.64. The molecular formula is C18H27NO3S. The van der Waals surface area contributed by atoms with Crippen molar-refractivity contribution in [1.82, 2.24) is 5.32 Å². The fraction of sp³-hybridized carbons (Fsp3) is 0.667. The number of carbonyl (C=O) groups is 2. The molecule has 5 heteroatoms. The molecule has 0 aromatic carbocycles. The van der Waals surface area contributed by atoms with Gasteiger partial charge in [-0.25, -0.2) is 4.79 Å². The first kappa shape index (κ1) is 18.0. The fourth-order valence-corrected chi connectivity index (χ4v) is 4.34. The minimum Gasteiger partial charge on any atom is -0.480 e. The second kappa shape index (κ2) is 6.63. The van der Waals surface area contributed by atoms with E-state index in [4.69, 9.17) is 0 Å². The van der Waals surface area contributed by atoms with Crippen LogP contribution < -0.4 is 5.32 Å². The highest BCUT2D eigenvalue weighted by molar-refractivity contribution is 7.10. The average Bonchev–Trinajstić information content (AvgIpc) is 2.85. The predicted octanol–water partition coefficient (Wildman–Crippen LogP) is 3.74. The third-order valence-corrected chi connectivity index (χ3v) is 5.90. The van der Waals surface area contributed by atoms with E-state index in [-0.39, 0.29) is 17.2 Å². The van der Waals surface area contributed by atoms with E-state index in [0.29, 0.717) is 11.5 Å². The van der Waals surface area contributed by atoms with Gasteiger partial charge in [0.2, 0.25) is 0 Å². The van der Waals surface area contributed by atoms with Crippen molar-refractivity contribution in [3.63, 3.8) is 0 Å². The van der Waals surface area contributed by atoms with Gasteiger partial charge in [-0.2, -0.15) is 0 Å². The van der Waals surface area contributed by atoms with Gasteiger partial charge in [-0.3, -0.25) is 4.79 Å². The molecule has 0 bridgehead atoms. The van der Waals surface area contributed by atoms with Gasteiger partial charge in [-0.15, -0.1) is 11.3 Å². The Hall–Kier alpha value is -1.36. The van der Waals surface area contributed by atoms with Crippen molar-refractivity contribution in [2.75, 3.05) is 0 Å². The largest absolute Gasteiger partial charge is 0.480 e. The Morgan fingerprint density at radius 3 is 2.52 bits per heavy atom. The monoisotopic (exact) mass is 337 g/mol. The van der Waals surface area contributed by atoms with Crippen molar-refractivity contribution in [1.29, 1.82) is 0 Å². The molecular weight excluding hydrogens is 310 g/mol. The summed E-state index contributed by atoms with van der Waals surface area (Å²) in [6.45, 7) is 10.4. The first-order valence-electron chi connectivity index (χ1n) is 8.24. The van der Waals surface area contributed by atoms with Gasteiger partial charge in [0.1, 0.15) is 6.04 Å². The molecule has 2 unspecified atom stereocenters. The minimum atomic E-state index is -0.981. The van der Waals surface area contributed by atoms with Crippen LogP contribution >= 0.6 is 11.3 Å². The SMILES string of the molecule is CC(C)C(NC(=O)c1csc2c1CCC(C(C)(C)C)C2)C(=O)O. The third-order valence-electron chi connectivity index (χ3n) is 4.84. The molecule has 0 fully saturated rings. The first-order chi connectivity index (χ1) is 10.6. The zero-order valence-electron chi connectivity index (χ0n) is 14.6. The maximum Gasteiger partial charge on any atom is 0.326 e. The molecule has 2 atom stereocenters. The second-order valence-corrected chi connectivity index (χ2v) is 8.85. The number of fused-ring (bicyclic) bond motifs is 1. The lowest BCUT2D eigenvalue weighted by atomic mass is 9.72. The van der Waals surface area contributed by atoms with E-state index >= 15 is 0 Å². The molecule has 1 aromatic heterocycles. The summed E-state index contributed by atoms with van der Waals surface area (Å²) < 4.78 is 0. The number of carboxylic acid groups (broad SMARTS) is 1. The number of carbonyl (C=O) groups excluding carboxylic acids is 1. The molecule has 23 heavy (non-hydrogen) atoms. The highest BCUT2D eigenvalue weighted by Crippen LogP contribution is 2.40. The van der Waals surface area contributed by atoms with Gasteiger partial charge in [0.15, 0.2) is 0 Å². The van der Waals surface area contributed by atoms with Gasteiger partial charge in [0, 0.05) is 10.3 Å². The molecule has 128 valence electrons. The van der Waals surface area contributed by atoms with Gasteiger partial charge >= 0.3 is 5.97 Å². The Labute approximate surface area is 142 Å². The third kappa shape index (κ3) is 3.94. The van der Waals surface area contributed by atoms with Gasteiger partial charge in [-0.05, 0) is 42.1 Å². The van der Waals surface area contributed by atoms with Crippen LogP contribution in [0.5, 0.6) is 0 Å². The Morgan fingerprint density at radius 1 is 1.35 bits per heavy atom. The summed E-state index contributed by atoms with van der Waals surface area (Å²) in [6, 6.07) is -0.844. The fourth-order valence-electron chi connectivity index (χ4n) is 3.17. The van der Waals surface area contributed by atoms with Crippen molar-refractivity contribution < 1.29 is 14.7 Å². The number of aliphatic carboxylic acids is 1. The maximum absolute atomic E-state index is 12.5. The van der Waals surface area contributed by atoms with Gasteiger partial charge < -0.3 is 10.4 Å². The van der Waals surface area contributed by atoms with Crippen LogP contribution in [0, 0.1) is 17.3 Å². The second-order valence-electron chi connectivity index (χ2n) is 7.89. The number of rotatable bonds is 4. The highest BCUT2D eigenvalue weighted by Gasteiger charge is 2.32. The molecule has 0 saturated heterocycles. The molecule has 1 amide bonds. The van der Waals surface area contributed by atoms with Crippen LogP contribution in [0.4, 0.5) is 0 Å². The lowest BCUT2D eigenvalue weighted by Crippen LogP contribution is -2.44. The van der Waals surface area contributed by atoms with E-state index in [9.17, 15) is 14.7 Å². The molecule has 0 saturated carbocycles. The molecule has 4 nitrogen and oxygen atoms in total. The molecule has 1 aliphatic rings. The molecule has 1 aliphatic carbocycles. The normalized spacial score (nSPS) is 19.3. The van der Waals surface area contributed by atoms with Crippen LogP contribution in [0.2, 0.25) is 0 Å². The van der Waals surface area contributed by atoms with E-state index in [0.717, 1.165) is 24.8 Å². The van der Waals surface area contributed by atoms with Crippen molar-refractivity contribution in [2.24, 2.45) is 17.3 Å². The highest BCUT2D eigenvalue weighted by atomic mass is 32.1. The molecule has 0 spiro atoms. The molecule has 1 aromatic rings. The van der Waals surface area contributed by atoms with Crippen molar-refractivity contribution >= 4 is 23.2 Å². The van der Waals surface area contributed by atoms with E-state index in [1.165, 1.54) is 4.88 Å². The van der Waals surface area contributed by atoms with E-state index in [1.54, 1.807) is 25.2 Å². The predicted molar refractivity (Wildman–Crippen MR) is 93.0 cm³/mol. The van der Waals surface area contributed by atoms with Crippen LogP contribution in [-0.4, -0.2) is 23.0 Å². The molecule has 1 heterocycles. The summed E-state index contributed by atoms with van der Waals surface area (Å²) in [6.07, 6.45) is 3.01. The van der Waals surface area contributed by atoms with Crippen molar-refractivity contribution in [3.8, 4) is 0 Å².